The van der Waals surface area contributed by atoms with E-state index in [2.05, 4.69) is 25.1 Å². The van der Waals surface area contributed by atoms with Crippen LogP contribution in [0.2, 0.25) is 0 Å². The number of carbonyl (C=O) groups excluding carboxylic acids is 1. The van der Waals surface area contributed by atoms with Crippen LogP contribution in [-0.2, 0) is 4.79 Å². The van der Waals surface area contributed by atoms with Crippen molar-refractivity contribution in [2.45, 2.75) is 37.8 Å². The average molecular weight is 440 g/mol. The summed E-state index contributed by atoms with van der Waals surface area (Å²) in [5.74, 6) is 3.17. The molecule has 3 heterocycles. The van der Waals surface area contributed by atoms with Crippen LogP contribution in [-0.4, -0.2) is 72.4 Å². The van der Waals surface area contributed by atoms with Crippen LogP contribution < -0.4 is 24.4 Å². The molecule has 2 aromatic rings. The number of fused-ring (bicyclic) bond motifs is 1. The van der Waals surface area contributed by atoms with Gasteiger partial charge in [0.1, 0.15) is 5.75 Å². The van der Waals surface area contributed by atoms with Gasteiger partial charge in [0.2, 0.25) is 18.6 Å². The molecule has 1 saturated carbocycles. The van der Waals surface area contributed by atoms with Gasteiger partial charge >= 0.3 is 0 Å². The van der Waals surface area contributed by atoms with Gasteiger partial charge < -0.3 is 24.4 Å². The molecule has 1 amide bonds. The second-order valence-electron chi connectivity index (χ2n) is 8.49. The van der Waals surface area contributed by atoms with Crippen LogP contribution in [0, 0.1) is 0 Å². The second-order valence-corrected chi connectivity index (χ2v) is 8.49. The van der Waals surface area contributed by atoms with Gasteiger partial charge in [0.15, 0.2) is 11.5 Å². The normalized spacial score (nSPS) is 23.1. The number of aromatic nitrogens is 2. The molecular formula is C23H29N5O4. The fourth-order valence-electron chi connectivity index (χ4n) is 4.50. The van der Waals surface area contributed by atoms with E-state index in [-0.39, 0.29) is 24.8 Å². The molecule has 1 aromatic heterocycles. The van der Waals surface area contributed by atoms with Crippen molar-refractivity contribution in [2.24, 2.45) is 0 Å². The molecule has 0 unspecified atom stereocenters. The van der Waals surface area contributed by atoms with E-state index in [0.29, 0.717) is 6.54 Å². The highest BCUT2D eigenvalue weighted by Gasteiger charge is 2.26. The van der Waals surface area contributed by atoms with Crippen molar-refractivity contribution in [3.05, 3.63) is 36.7 Å². The Kier molecular flexibility index (Phi) is 6.24. The van der Waals surface area contributed by atoms with Gasteiger partial charge in [-0.25, -0.2) is 9.97 Å². The molecule has 9 heteroatoms. The molecule has 0 atom stereocenters. The number of amides is 1. The fraction of sp³-hybridized carbons (Fsp3) is 0.522. The highest BCUT2D eigenvalue weighted by atomic mass is 16.7. The third kappa shape index (κ3) is 5.04. The first-order valence-corrected chi connectivity index (χ1v) is 11.3. The van der Waals surface area contributed by atoms with E-state index in [1.54, 1.807) is 12.4 Å². The van der Waals surface area contributed by atoms with Gasteiger partial charge in [-0.3, -0.25) is 9.69 Å². The Bertz CT molecular complexity index is 912. The topological polar surface area (TPSA) is 89.1 Å². The standard InChI is InChI=1S/C23H29N5O4/c29-22(15-27-10-12-28(13-11-27)23-24-8-1-9-25-23)26-17-2-4-18(5-3-17)32-19-6-7-20-21(14-19)31-16-30-20/h1,6-9,14,17-18H,2-5,10-13,15-16H2,(H,26,29). The zero-order valence-corrected chi connectivity index (χ0v) is 18.1. The third-order valence-electron chi connectivity index (χ3n) is 6.26. The van der Waals surface area contributed by atoms with Crippen molar-refractivity contribution in [2.75, 3.05) is 44.4 Å². The summed E-state index contributed by atoms with van der Waals surface area (Å²) in [6, 6.07) is 7.74. The van der Waals surface area contributed by atoms with E-state index >= 15 is 0 Å². The number of benzene rings is 1. The van der Waals surface area contributed by atoms with E-state index in [1.807, 2.05) is 24.3 Å². The van der Waals surface area contributed by atoms with Gasteiger partial charge in [0.05, 0.1) is 12.6 Å². The third-order valence-corrected chi connectivity index (χ3v) is 6.26. The molecule has 1 aliphatic carbocycles. The van der Waals surface area contributed by atoms with Gasteiger partial charge in [0.25, 0.3) is 0 Å². The lowest BCUT2D eigenvalue weighted by molar-refractivity contribution is -0.123. The summed E-state index contributed by atoms with van der Waals surface area (Å²) in [5.41, 5.74) is 0. The number of nitrogens with zero attached hydrogens (tertiary/aromatic N) is 4. The Labute approximate surface area is 187 Å². The zero-order chi connectivity index (χ0) is 21.8. The fourth-order valence-corrected chi connectivity index (χ4v) is 4.50. The van der Waals surface area contributed by atoms with Crippen molar-refractivity contribution in [3.8, 4) is 17.2 Å². The number of piperazine rings is 1. The summed E-state index contributed by atoms with van der Waals surface area (Å²) in [6.45, 7) is 4.04. The van der Waals surface area contributed by atoms with Crippen molar-refractivity contribution < 1.29 is 19.0 Å². The maximum Gasteiger partial charge on any atom is 0.234 e. The van der Waals surface area contributed by atoms with Crippen LogP contribution in [0.5, 0.6) is 17.2 Å². The number of nitrogens with one attached hydrogen (secondary N) is 1. The molecule has 1 aromatic carbocycles. The van der Waals surface area contributed by atoms with Crippen LogP contribution >= 0.6 is 0 Å². The smallest absolute Gasteiger partial charge is 0.234 e. The van der Waals surface area contributed by atoms with E-state index in [1.165, 1.54) is 0 Å². The average Bonchev–Trinajstić information content (AvgIpc) is 3.29. The summed E-state index contributed by atoms with van der Waals surface area (Å²) < 4.78 is 16.9. The van der Waals surface area contributed by atoms with Gasteiger partial charge in [-0.05, 0) is 43.9 Å². The largest absolute Gasteiger partial charge is 0.490 e. The number of anilines is 1. The molecule has 32 heavy (non-hydrogen) atoms. The van der Waals surface area contributed by atoms with Gasteiger partial charge in [0, 0.05) is 50.7 Å². The first-order chi connectivity index (χ1) is 15.7. The quantitative estimate of drug-likeness (QED) is 0.729. The maximum atomic E-state index is 12.6. The first-order valence-electron chi connectivity index (χ1n) is 11.3. The maximum absolute atomic E-state index is 12.6. The van der Waals surface area contributed by atoms with E-state index < -0.39 is 0 Å². The molecule has 0 spiro atoms. The molecule has 2 aliphatic heterocycles. The number of carbonyl (C=O) groups is 1. The van der Waals surface area contributed by atoms with E-state index in [9.17, 15) is 4.79 Å². The summed E-state index contributed by atoms with van der Waals surface area (Å²) in [6.07, 6.45) is 7.40. The molecular weight excluding hydrogens is 410 g/mol. The second kappa shape index (κ2) is 9.60. The molecule has 1 N–H and O–H groups in total. The van der Waals surface area contributed by atoms with E-state index in [0.717, 1.165) is 75.1 Å². The number of ether oxygens (including phenoxy) is 3. The van der Waals surface area contributed by atoms with Crippen molar-refractivity contribution in [1.82, 2.24) is 20.2 Å². The van der Waals surface area contributed by atoms with Crippen LogP contribution in [0.4, 0.5) is 5.95 Å². The molecule has 9 nitrogen and oxygen atoms in total. The number of rotatable bonds is 6. The molecule has 0 radical (unpaired) electrons. The Morgan fingerprint density at radius 3 is 2.56 bits per heavy atom. The van der Waals surface area contributed by atoms with Gasteiger partial charge in [-0.1, -0.05) is 0 Å². The molecule has 0 bridgehead atoms. The van der Waals surface area contributed by atoms with Crippen LogP contribution in [0.15, 0.2) is 36.7 Å². The van der Waals surface area contributed by atoms with Crippen molar-refractivity contribution in [3.63, 3.8) is 0 Å². The predicted octanol–water partition coefficient (Wildman–Crippen LogP) is 1.83. The van der Waals surface area contributed by atoms with Crippen LogP contribution in [0.25, 0.3) is 0 Å². The SMILES string of the molecule is O=C(CN1CCN(c2ncccn2)CC1)NC1CCC(Oc2ccc3c(c2)OCO3)CC1. The lowest BCUT2D eigenvalue weighted by Gasteiger charge is -2.35. The van der Waals surface area contributed by atoms with Crippen LogP contribution in [0.3, 0.4) is 0 Å². The minimum atomic E-state index is 0.106. The molecule has 2 fully saturated rings. The van der Waals surface area contributed by atoms with E-state index in [4.69, 9.17) is 14.2 Å². The Balaban J connectivity index is 1.01. The monoisotopic (exact) mass is 439 g/mol. The zero-order valence-electron chi connectivity index (χ0n) is 18.1. The first kappa shape index (κ1) is 20.8. The van der Waals surface area contributed by atoms with Crippen LogP contribution in [0.1, 0.15) is 25.7 Å². The molecule has 170 valence electrons. The lowest BCUT2D eigenvalue weighted by atomic mass is 9.93. The minimum absolute atomic E-state index is 0.106. The summed E-state index contributed by atoms with van der Waals surface area (Å²) in [4.78, 5) is 25.5. The lowest BCUT2D eigenvalue weighted by Crippen LogP contribution is -2.51. The summed E-state index contributed by atoms with van der Waals surface area (Å²) in [7, 11) is 0. The Morgan fingerprint density at radius 1 is 1.03 bits per heavy atom. The summed E-state index contributed by atoms with van der Waals surface area (Å²) >= 11 is 0. The highest BCUT2D eigenvalue weighted by Crippen LogP contribution is 2.36. The van der Waals surface area contributed by atoms with Gasteiger partial charge in [-0.2, -0.15) is 0 Å². The van der Waals surface area contributed by atoms with Gasteiger partial charge in [-0.15, -0.1) is 0 Å². The minimum Gasteiger partial charge on any atom is -0.490 e. The number of hydrogen-bond donors (Lipinski definition) is 1. The van der Waals surface area contributed by atoms with Crippen molar-refractivity contribution >= 4 is 11.9 Å². The molecule has 5 rings (SSSR count). The highest BCUT2D eigenvalue weighted by molar-refractivity contribution is 5.78. The summed E-state index contributed by atoms with van der Waals surface area (Å²) in [5, 5.41) is 3.22. The predicted molar refractivity (Wildman–Crippen MR) is 118 cm³/mol. The molecule has 3 aliphatic rings. The van der Waals surface area contributed by atoms with Crippen molar-refractivity contribution in [1.29, 1.82) is 0 Å². The Morgan fingerprint density at radius 2 is 1.78 bits per heavy atom. The molecule has 1 saturated heterocycles. The Hall–Kier alpha value is -3.07. The number of hydrogen-bond acceptors (Lipinski definition) is 8.